The van der Waals surface area contributed by atoms with Gasteiger partial charge in [-0.25, -0.2) is 4.98 Å². The molecule has 0 saturated heterocycles. The first kappa shape index (κ1) is 15.7. The van der Waals surface area contributed by atoms with Crippen LogP contribution >= 0.6 is 11.6 Å². The Morgan fingerprint density at radius 2 is 1.57 bits per heavy atom. The predicted molar refractivity (Wildman–Crippen MR) is 96.4 cm³/mol. The number of hydrogen-bond donors (Lipinski definition) is 1. The Labute approximate surface area is 142 Å². The molecular weight excluding hydrogens is 304 g/mol. The number of pyridine rings is 1. The van der Waals surface area contributed by atoms with Gasteiger partial charge >= 0.3 is 0 Å². The summed E-state index contributed by atoms with van der Waals surface area (Å²) in [5.74, 6) is 0. The van der Waals surface area contributed by atoms with Gasteiger partial charge in [-0.2, -0.15) is 0 Å². The molecule has 1 N–H and O–H groups in total. The van der Waals surface area contributed by atoms with Crippen molar-refractivity contribution in [1.82, 2.24) is 10.3 Å². The molecule has 0 aliphatic heterocycles. The third kappa shape index (κ3) is 3.98. The second kappa shape index (κ2) is 7.40. The number of nitrogens with one attached hydrogen (secondary N) is 1. The van der Waals surface area contributed by atoms with Crippen LogP contribution in [-0.4, -0.2) is 4.98 Å². The third-order valence-electron chi connectivity index (χ3n) is 3.91. The maximum atomic E-state index is 6.25. The Balaban J connectivity index is 1.72. The average Bonchev–Trinajstić information content (AvgIpc) is 2.59. The zero-order valence-corrected chi connectivity index (χ0v) is 13.8. The first-order valence-corrected chi connectivity index (χ1v) is 8.07. The van der Waals surface area contributed by atoms with E-state index in [1.165, 1.54) is 11.1 Å². The molecular formula is C20H19ClN2. The van der Waals surface area contributed by atoms with Crippen LogP contribution in [0.15, 0.2) is 66.9 Å². The fraction of sp³-hybridized carbons (Fsp3) is 0.150. The lowest BCUT2D eigenvalue weighted by molar-refractivity contribution is 0.689. The minimum Gasteiger partial charge on any atom is -0.308 e. The van der Waals surface area contributed by atoms with Gasteiger partial charge in [-0.15, -0.1) is 0 Å². The number of hydrogen-bond acceptors (Lipinski definition) is 2. The second-order valence-electron chi connectivity index (χ2n) is 5.57. The van der Waals surface area contributed by atoms with Gasteiger partial charge in [0.1, 0.15) is 5.15 Å². The summed E-state index contributed by atoms with van der Waals surface area (Å²) in [6.07, 6.45) is 1.82. The summed E-state index contributed by atoms with van der Waals surface area (Å²) in [6.45, 7) is 3.64. The van der Waals surface area contributed by atoms with Crippen LogP contribution in [0.25, 0.3) is 11.1 Å². The molecule has 0 aliphatic rings. The van der Waals surface area contributed by atoms with Crippen LogP contribution in [-0.2, 0) is 13.1 Å². The fourth-order valence-corrected chi connectivity index (χ4v) is 2.72. The number of halogens is 1. The van der Waals surface area contributed by atoms with E-state index in [4.69, 9.17) is 11.6 Å². The van der Waals surface area contributed by atoms with Crippen molar-refractivity contribution in [2.45, 2.75) is 20.0 Å². The van der Waals surface area contributed by atoms with E-state index in [0.717, 1.165) is 23.2 Å². The van der Waals surface area contributed by atoms with E-state index >= 15 is 0 Å². The molecule has 0 saturated carbocycles. The standard InChI is InChI=1S/C20H19ClN2/c1-15-7-5-6-10-17(15)12-22-13-19-11-18(14-23-20(19)21)16-8-3-2-4-9-16/h2-11,14,22H,12-13H2,1H3. The molecule has 0 unspecified atom stereocenters. The van der Waals surface area contributed by atoms with E-state index in [2.05, 4.69) is 59.7 Å². The van der Waals surface area contributed by atoms with Gasteiger partial charge in [-0.05, 0) is 29.7 Å². The number of nitrogens with zero attached hydrogens (tertiary/aromatic N) is 1. The van der Waals surface area contributed by atoms with Crippen LogP contribution in [0, 0.1) is 6.92 Å². The summed E-state index contributed by atoms with van der Waals surface area (Å²) >= 11 is 6.25. The molecule has 23 heavy (non-hydrogen) atoms. The smallest absolute Gasteiger partial charge is 0.133 e. The number of aryl methyl sites for hydroxylation is 1. The SMILES string of the molecule is Cc1ccccc1CNCc1cc(-c2ccccc2)cnc1Cl. The van der Waals surface area contributed by atoms with Gasteiger partial charge in [-0.1, -0.05) is 66.2 Å². The van der Waals surface area contributed by atoms with E-state index in [9.17, 15) is 0 Å². The molecule has 0 atom stereocenters. The first-order valence-electron chi connectivity index (χ1n) is 7.69. The van der Waals surface area contributed by atoms with Crippen molar-refractivity contribution >= 4 is 11.6 Å². The van der Waals surface area contributed by atoms with E-state index in [-0.39, 0.29) is 0 Å². The minimum absolute atomic E-state index is 0.557. The normalized spacial score (nSPS) is 10.7. The van der Waals surface area contributed by atoms with Gasteiger partial charge in [0.25, 0.3) is 0 Å². The van der Waals surface area contributed by atoms with Crippen molar-refractivity contribution in [3.63, 3.8) is 0 Å². The van der Waals surface area contributed by atoms with E-state index in [1.807, 2.05) is 24.4 Å². The van der Waals surface area contributed by atoms with Crippen molar-refractivity contribution in [3.05, 3.63) is 88.7 Å². The molecule has 3 aromatic rings. The van der Waals surface area contributed by atoms with Crippen molar-refractivity contribution < 1.29 is 0 Å². The molecule has 3 rings (SSSR count). The molecule has 2 aromatic carbocycles. The average molecular weight is 323 g/mol. The second-order valence-corrected chi connectivity index (χ2v) is 5.93. The Kier molecular flexibility index (Phi) is 5.06. The molecule has 0 bridgehead atoms. The summed E-state index contributed by atoms with van der Waals surface area (Å²) in [5, 5.41) is 4.01. The van der Waals surface area contributed by atoms with Crippen LogP contribution < -0.4 is 5.32 Å². The van der Waals surface area contributed by atoms with Gasteiger partial charge in [0.2, 0.25) is 0 Å². The lowest BCUT2D eigenvalue weighted by Gasteiger charge is -2.10. The molecule has 2 nitrogen and oxygen atoms in total. The quantitative estimate of drug-likeness (QED) is 0.669. The molecule has 1 heterocycles. The molecule has 1 aromatic heterocycles. The minimum atomic E-state index is 0.557. The maximum Gasteiger partial charge on any atom is 0.133 e. The van der Waals surface area contributed by atoms with Crippen LogP contribution in [0.3, 0.4) is 0 Å². The maximum absolute atomic E-state index is 6.25. The molecule has 3 heteroatoms. The Morgan fingerprint density at radius 3 is 2.35 bits per heavy atom. The van der Waals surface area contributed by atoms with Crippen LogP contribution in [0.4, 0.5) is 0 Å². The zero-order valence-electron chi connectivity index (χ0n) is 13.1. The summed E-state index contributed by atoms with van der Waals surface area (Å²) in [5.41, 5.74) is 5.85. The highest BCUT2D eigenvalue weighted by Gasteiger charge is 2.05. The monoisotopic (exact) mass is 322 g/mol. The van der Waals surface area contributed by atoms with E-state index in [1.54, 1.807) is 0 Å². The molecule has 0 radical (unpaired) electrons. The van der Waals surface area contributed by atoms with Crippen LogP contribution in [0.5, 0.6) is 0 Å². The largest absolute Gasteiger partial charge is 0.308 e. The van der Waals surface area contributed by atoms with Crippen LogP contribution in [0.1, 0.15) is 16.7 Å². The molecule has 0 amide bonds. The third-order valence-corrected chi connectivity index (χ3v) is 4.25. The van der Waals surface area contributed by atoms with Crippen molar-refractivity contribution in [3.8, 4) is 11.1 Å². The van der Waals surface area contributed by atoms with Crippen molar-refractivity contribution in [2.75, 3.05) is 0 Å². The lowest BCUT2D eigenvalue weighted by atomic mass is 10.1. The molecule has 0 spiro atoms. The summed E-state index contributed by atoms with van der Waals surface area (Å²) < 4.78 is 0. The van der Waals surface area contributed by atoms with Gasteiger partial charge in [0.15, 0.2) is 0 Å². The first-order chi connectivity index (χ1) is 11.2. The van der Waals surface area contributed by atoms with Crippen LogP contribution in [0.2, 0.25) is 5.15 Å². The highest BCUT2D eigenvalue weighted by molar-refractivity contribution is 6.30. The van der Waals surface area contributed by atoms with Gasteiger partial charge in [-0.3, -0.25) is 0 Å². The van der Waals surface area contributed by atoms with Gasteiger partial charge < -0.3 is 5.32 Å². The number of aromatic nitrogens is 1. The Bertz CT molecular complexity index is 785. The van der Waals surface area contributed by atoms with Gasteiger partial charge in [0, 0.05) is 30.4 Å². The van der Waals surface area contributed by atoms with Gasteiger partial charge in [0.05, 0.1) is 0 Å². The molecule has 0 aliphatic carbocycles. The number of rotatable bonds is 5. The molecule has 116 valence electrons. The highest BCUT2D eigenvalue weighted by Crippen LogP contribution is 2.23. The van der Waals surface area contributed by atoms with Crippen molar-refractivity contribution in [1.29, 1.82) is 0 Å². The van der Waals surface area contributed by atoms with E-state index < -0.39 is 0 Å². The predicted octanol–water partition coefficient (Wildman–Crippen LogP) is 5.00. The zero-order chi connectivity index (χ0) is 16.1. The Morgan fingerprint density at radius 1 is 0.870 bits per heavy atom. The van der Waals surface area contributed by atoms with E-state index in [0.29, 0.717) is 11.7 Å². The summed E-state index contributed by atoms with van der Waals surface area (Å²) in [4.78, 5) is 4.32. The highest BCUT2D eigenvalue weighted by atomic mass is 35.5. The number of benzene rings is 2. The summed E-state index contributed by atoms with van der Waals surface area (Å²) in [6, 6.07) is 20.7. The topological polar surface area (TPSA) is 24.9 Å². The van der Waals surface area contributed by atoms with Crippen molar-refractivity contribution in [2.24, 2.45) is 0 Å². The Hall–Kier alpha value is -2.16. The lowest BCUT2D eigenvalue weighted by Crippen LogP contribution is -2.14. The molecule has 0 fully saturated rings. The fourth-order valence-electron chi connectivity index (χ4n) is 2.55. The summed E-state index contributed by atoms with van der Waals surface area (Å²) in [7, 11) is 0.